The summed E-state index contributed by atoms with van der Waals surface area (Å²) < 4.78 is 13.2. The lowest BCUT2D eigenvalue weighted by atomic mass is 10.2. The van der Waals surface area contributed by atoms with E-state index in [0.717, 1.165) is 0 Å². The first kappa shape index (κ1) is 13.8. The van der Waals surface area contributed by atoms with Gasteiger partial charge in [0.05, 0.1) is 10.6 Å². The Kier molecular flexibility index (Phi) is 3.81. The van der Waals surface area contributed by atoms with E-state index < -0.39 is 4.92 Å². The Bertz CT molecular complexity index is 661. The summed E-state index contributed by atoms with van der Waals surface area (Å²) >= 11 is 0. The van der Waals surface area contributed by atoms with E-state index in [0.29, 0.717) is 22.6 Å². The van der Waals surface area contributed by atoms with Crippen molar-refractivity contribution < 1.29 is 9.31 Å². The van der Waals surface area contributed by atoms with Gasteiger partial charge in [0, 0.05) is 23.5 Å². The molecule has 6 nitrogen and oxygen atoms in total. The van der Waals surface area contributed by atoms with E-state index in [-0.39, 0.29) is 11.5 Å². The maximum atomic E-state index is 13.2. The van der Waals surface area contributed by atoms with Crippen LogP contribution >= 0.6 is 0 Å². The van der Waals surface area contributed by atoms with Crippen LogP contribution in [0, 0.1) is 22.9 Å². The van der Waals surface area contributed by atoms with Crippen molar-refractivity contribution in [3.63, 3.8) is 0 Å². The van der Waals surface area contributed by atoms with Gasteiger partial charge < -0.3 is 10.7 Å². The third-order valence-corrected chi connectivity index (χ3v) is 2.74. The number of nitrogen functional groups attached to an aromatic ring is 1. The average Bonchev–Trinajstić information content (AvgIpc) is 2.42. The number of nitro benzene ring substituents is 1. The Hall–Kier alpha value is -2.67. The van der Waals surface area contributed by atoms with Gasteiger partial charge in [-0.25, -0.2) is 4.39 Å². The number of nitrogens with one attached hydrogen (secondary N) is 2. The largest absolute Gasteiger partial charge is 0.355 e. The van der Waals surface area contributed by atoms with Gasteiger partial charge in [0.15, 0.2) is 0 Å². The van der Waals surface area contributed by atoms with Crippen LogP contribution in [-0.4, -0.2) is 4.92 Å². The van der Waals surface area contributed by atoms with E-state index in [1.807, 2.05) is 0 Å². The van der Waals surface area contributed by atoms with Crippen LogP contribution < -0.4 is 16.6 Å². The van der Waals surface area contributed by atoms with Crippen LogP contribution in [0.3, 0.4) is 0 Å². The highest BCUT2D eigenvalue weighted by Gasteiger charge is 2.10. The number of hydrogen-bond donors (Lipinski definition) is 3. The predicted molar refractivity (Wildman–Crippen MR) is 75.3 cm³/mol. The minimum atomic E-state index is -0.512. The summed E-state index contributed by atoms with van der Waals surface area (Å²) in [6.45, 7) is 1.64. The fourth-order valence-electron chi connectivity index (χ4n) is 1.76. The van der Waals surface area contributed by atoms with Gasteiger partial charge in [-0.15, -0.1) is 0 Å². The summed E-state index contributed by atoms with van der Waals surface area (Å²) in [4.78, 5) is 10.3. The Balaban J connectivity index is 2.34. The van der Waals surface area contributed by atoms with E-state index in [1.54, 1.807) is 25.1 Å². The van der Waals surface area contributed by atoms with E-state index in [9.17, 15) is 14.5 Å². The number of hydrazine groups is 1. The molecule has 0 aliphatic rings. The fraction of sp³-hybridized carbons (Fsp3) is 0.0769. The molecule has 2 rings (SSSR count). The molecule has 0 aromatic heterocycles. The Morgan fingerprint density at radius 2 is 1.85 bits per heavy atom. The third kappa shape index (κ3) is 3.01. The number of benzene rings is 2. The lowest BCUT2D eigenvalue weighted by molar-refractivity contribution is -0.384. The summed E-state index contributed by atoms with van der Waals surface area (Å²) in [6, 6.07) is 8.81. The van der Waals surface area contributed by atoms with Gasteiger partial charge in [-0.3, -0.25) is 16.0 Å². The molecule has 7 heteroatoms. The first-order chi connectivity index (χ1) is 9.49. The van der Waals surface area contributed by atoms with Crippen molar-refractivity contribution in [1.82, 2.24) is 0 Å². The topological polar surface area (TPSA) is 93.2 Å². The molecule has 0 heterocycles. The summed E-state index contributed by atoms with van der Waals surface area (Å²) in [5.41, 5.74) is 4.27. The van der Waals surface area contributed by atoms with Gasteiger partial charge in [0.1, 0.15) is 5.82 Å². The van der Waals surface area contributed by atoms with Crippen LogP contribution in [0.25, 0.3) is 0 Å². The lowest BCUT2D eigenvalue weighted by Crippen LogP contribution is -2.07. The van der Waals surface area contributed by atoms with Gasteiger partial charge in [-0.2, -0.15) is 0 Å². The van der Waals surface area contributed by atoms with Crippen LogP contribution in [0.15, 0.2) is 36.4 Å². The molecular weight excluding hydrogens is 263 g/mol. The summed E-state index contributed by atoms with van der Waals surface area (Å²) in [5.74, 6) is 4.97. The van der Waals surface area contributed by atoms with E-state index in [2.05, 4.69) is 10.7 Å². The number of anilines is 3. The lowest BCUT2D eigenvalue weighted by Gasteiger charge is -2.09. The highest BCUT2D eigenvalue weighted by molar-refractivity contribution is 5.68. The zero-order chi connectivity index (χ0) is 14.7. The van der Waals surface area contributed by atoms with Crippen LogP contribution in [0.4, 0.5) is 27.1 Å². The normalized spacial score (nSPS) is 10.2. The molecule has 104 valence electrons. The van der Waals surface area contributed by atoms with Gasteiger partial charge in [-0.05, 0) is 36.8 Å². The SMILES string of the molecule is Cc1cc(Nc2cc(NN)cc([N+](=O)[O-])c2)ccc1F. The average molecular weight is 276 g/mol. The zero-order valence-electron chi connectivity index (χ0n) is 10.7. The van der Waals surface area contributed by atoms with Crippen molar-refractivity contribution >= 4 is 22.7 Å². The number of rotatable bonds is 4. The summed E-state index contributed by atoms with van der Waals surface area (Å²) in [6.07, 6.45) is 0. The van der Waals surface area contributed by atoms with Crippen molar-refractivity contribution in [3.05, 3.63) is 57.9 Å². The second kappa shape index (κ2) is 5.54. The van der Waals surface area contributed by atoms with Crippen LogP contribution in [0.1, 0.15) is 5.56 Å². The summed E-state index contributed by atoms with van der Waals surface area (Å²) in [7, 11) is 0. The van der Waals surface area contributed by atoms with Crippen LogP contribution in [0.2, 0.25) is 0 Å². The minimum Gasteiger partial charge on any atom is -0.355 e. The maximum absolute atomic E-state index is 13.2. The molecule has 4 N–H and O–H groups in total. The quantitative estimate of drug-likeness (QED) is 0.453. The van der Waals surface area contributed by atoms with Crippen molar-refractivity contribution in [2.45, 2.75) is 6.92 Å². The summed E-state index contributed by atoms with van der Waals surface area (Å²) in [5, 5.41) is 13.8. The molecule has 0 bridgehead atoms. The van der Waals surface area contributed by atoms with E-state index in [1.165, 1.54) is 18.2 Å². The molecule has 0 fully saturated rings. The van der Waals surface area contributed by atoms with Crippen molar-refractivity contribution in [2.75, 3.05) is 10.7 Å². The monoisotopic (exact) mass is 276 g/mol. The highest BCUT2D eigenvalue weighted by Crippen LogP contribution is 2.27. The number of nitrogens with zero attached hydrogens (tertiary/aromatic N) is 1. The van der Waals surface area contributed by atoms with Gasteiger partial charge in [0.25, 0.3) is 5.69 Å². The van der Waals surface area contributed by atoms with Crippen molar-refractivity contribution in [1.29, 1.82) is 0 Å². The van der Waals surface area contributed by atoms with Gasteiger partial charge in [0.2, 0.25) is 0 Å². The first-order valence-corrected chi connectivity index (χ1v) is 5.79. The number of non-ortho nitro benzene ring substituents is 1. The Morgan fingerprint density at radius 1 is 1.15 bits per heavy atom. The molecule has 0 radical (unpaired) electrons. The Labute approximate surface area is 114 Å². The maximum Gasteiger partial charge on any atom is 0.273 e. The molecule has 0 spiro atoms. The number of nitrogens with two attached hydrogens (primary N) is 1. The first-order valence-electron chi connectivity index (χ1n) is 5.79. The van der Waals surface area contributed by atoms with Crippen LogP contribution in [-0.2, 0) is 0 Å². The molecule has 0 saturated carbocycles. The van der Waals surface area contributed by atoms with Gasteiger partial charge in [-0.1, -0.05) is 0 Å². The van der Waals surface area contributed by atoms with Gasteiger partial charge >= 0.3 is 0 Å². The second-order valence-corrected chi connectivity index (χ2v) is 4.26. The second-order valence-electron chi connectivity index (χ2n) is 4.26. The van der Waals surface area contributed by atoms with E-state index >= 15 is 0 Å². The third-order valence-electron chi connectivity index (χ3n) is 2.74. The minimum absolute atomic E-state index is 0.0956. The zero-order valence-corrected chi connectivity index (χ0v) is 10.7. The van der Waals surface area contributed by atoms with Crippen molar-refractivity contribution in [3.8, 4) is 0 Å². The molecule has 2 aromatic rings. The molecular formula is C13H13FN4O2. The van der Waals surface area contributed by atoms with Crippen LogP contribution in [0.5, 0.6) is 0 Å². The fourth-order valence-corrected chi connectivity index (χ4v) is 1.76. The number of hydrogen-bond acceptors (Lipinski definition) is 5. The number of nitro groups is 1. The van der Waals surface area contributed by atoms with Crippen molar-refractivity contribution in [2.24, 2.45) is 5.84 Å². The number of aryl methyl sites for hydroxylation is 1. The molecule has 0 atom stereocenters. The predicted octanol–water partition coefficient (Wildman–Crippen LogP) is 3.07. The smallest absolute Gasteiger partial charge is 0.273 e. The molecule has 0 amide bonds. The molecule has 20 heavy (non-hydrogen) atoms. The molecule has 0 saturated heterocycles. The Morgan fingerprint density at radius 3 is 2.45 bits per heavy atom. The standard InChI is InChI=1S/C13H13FN4O2/c1-8-4-9(2-3-13(8)14)16-10-5-11(17-15)7-12(6-10)18(19)20/h2-7,16-17H,15H2,1H3. The molecule has 0 aliphatic heterocycles. The van der Waals surface area contributed by atoms with E-state index in [4.69, 9.17) is 5.84 Å². The highest BCUT2D eigenvalue weighted by atomic mass is 19.1. The molecule has 2 aromatic carbocycles. The number of halogens is 1. The molecule has 0 aliphatic carbocycles. The molecule has 0 unspecified atom stereocenters.